The Hall–Kier alpha value is -2.37. The highest BCUT2D eigenvalue weighted by Gasteiger charge is 2.11. The van der Waals surface area contributed by atoms with Gasteiger partial charge in [-0.15, -0.1) is 5.10 Å². The number of carbonyl (C=O) groups is 1. The van der Waals surface area contributed by atoms with Gasteiger partial charge >= 0.3 is 0 Å². The molecule has 2 rings (SSSR count). The molecule has 19 heavy (non-hydrogen) atoms. The van der Waals surface area contributed by atoms with Gasteiger partial charge in [-0.25, -0.2) is 4.98 Å². The zero-order chi connectivity index (χ0) is 13.8. The van der Waals surface area contributed by atoms with Gasteiger partial charge in [0.25, 0.3) is 5.91 Å². The number of aromatic amines is 1. The fourth-order valence-corrected chi connectivity index (χ4v) is 1.58. The lowest BCUT2D eigenvalue weighted by Gasteiger charge is -2.12. The van der Waals surface area contributed by atoms with Crippen LogP contribution >= 0.6 is 0 Å². The van der Waals surface area contributed by atoms with Crippen molar-refractivity contribution in [2.75, 3.05) is 24.3 Å². The van der Waals surface area contributed by atoms with Crippen molar-refractivity contribution in [3.63, 3.8) is 0 Å². The third-order valence-electron chi connectivity index (χ3n) is 2.71. The molecule has 0 atom stereocenters. The molecular weight excluding hydrogens is 242 g/mol. The molecule has 0 radical (unpaired) electrons. The van der Waals surface area contributed by atoms with Crippen LogP contribution in [0.25, 0.3) is 0 Å². The van der Waals surface area contributed by atoms with E-state index in [0.717, 1.165) is 17.8 Å². The van der Waals surface area contributed by atoms with Crippen molar-refractivity contribution in [3.8, 4) is 0 Å². The molecule has 0 saturated heterocycles. The first-order valence-electron chi connectivity index (χ1n) is 6.10. The Balaban J connectivity index is 2.06. The predicted octanol–water partition coefficient (Wildman–Crippen LogP) is 1.69. The molecule has 100 valence electrons. The smallest absolute Gasteiger partial charge is 0.295 e. The minimum Gasteiger partial charge on any atom is -0.378 e. The van der Waals surface area contributed by atoms with E-state index in [1.165, 1.54) is 0 Å². The van der Waals surface area contributed by atoms with Crippen LogP contribution in [0.5, 0.6) is 0 Å². The number of aromatic nitrogens is 3. The highest BCUT2D eigenvalue weighted by molar-refractivity contribution is 6.01. The Morgan fingerprint density at radius 2 is 2.00 bits per heavy atom. The molecule has 1 aromatic carbocycles. The minimum atomic E-state index is -0.312. The fourth-order valence-electron chi connectivity index (χ4n) is 1.58. The monoisotopic (exact) mass is 259 g/mol. The van der Waals surface area contributed by atoms with Gasteiger partial charge in [0.1, 0.15) is 5.82 Å². The van der Waals surface area contributed by atoms with E-state index in [9.17, 15) is 4.79 Å². The van der Waals surface area contributed by atoms with E-state index in [1.54, 1.807) is 0 Å². The van der Waals surface area contributed by atoms with Gasteiger partial charge in [0.2, 0.25) is 5.82 Å². The lowest BCUT2D eigenvalue weighted by atomic mass is 10.2. The Bertz CT molecular complexity index is 559. The second kappa shape index (κ2) is 5.51. The molecule has 0 fully saturated rings. The lowest BCUT2D eigenvalue weighted by Crippen LogP contribution is -2.14. The summed E-state index contributed by atoms with van der Waals surface area (Å²) < 4.78 is 0. The molecule has 0 saturated carbocycles. The van der Waals surface area contributed by atoms with E-state index in [1.807, 2.05) is 50.2 Å². The molecule has 6 nitrogen and oxygen atoms in total. The van der Waals surface area contributed by atoms with Gasteiger partial charge in [-0.05, 0) is 24.3 Å². The number of amides is 1. The van der Waals surface area contributed by atoms with Crippen molar-refractivity contribution < 1.29 is 4.79 Å². The predicted molar refractivity (Wildman–Crippen MR) is 74.5 cm³/mol. The average Bonchev–Trinajstić information content (AvgIpc) is 2.88. The SMILES string of the molecule is CCc1nc(C(=O)Nc2ccc(N(C)C)cc2)n[nH]1. The van der Waals surface area contributed by atoms with Crippen LogP contribution in [0.4, 0.5) is 11.4 Å². The van der Waals surface area contributed by atoms with Crippen LogP contribution in [0.2, 0.25) is 0 Å². The van der Waals surface area contributed by atoms with E-state index in [0.29, 0.717) is 5.82 Å². The van der Waals surface area contributed by atoms with Crippen LogP contribution < -0.4 is 10.2 Å². The highest BCUT2D eigenvalue weighted by Crippen LogP contribution is 2.15. The molecule has 1 aromatic heterocycles. The maximum Gasteiger partial charge on any atom is 0.295 e. The maximum atomic E-state index is 11.9. The summed E-state index contributed by atoms with van der Waals surface area (Å²) >= 11 is 0. The van der Waals surface area contributed by atoms with Gasteiger partial charge < -0.3 is 10.2 Å². The second-order valence-corrected chi connectivity index (χ2v) is 4.35. The van der Waals surface area contributed by atoms with Crippen molar-refractivity contribution in [1.82, 2.24) is 15.2 Å². The van der Waals surface area contributed by atoms with Gasteiger partial charge in [-0.2, -0.15) is 0 Å². The molecule has 0 bridgehead atoms. The zero-order valence-electron chi connectivity index (χ0n) is 11.3. The van der Waals surface area contributed by atoms with Crippen LogP contribution in [-0.4, -0.2) is 35.2 Å². The summed E-state index contributed by atoms with van der Waals surface area (Å²) in [6.45, 7) is 1.95. The van der Waals surface area contributed by atoms with E-state index < -0.39 is 0 Å². The van der Waals surface area contributed by atoms with Gasteiger partial charge in [0.05, 0.1) is 0 Å². The van der Waals surface area contributed by atoms with Crippen LogP contribution in [0, 0.1) is 0 Å². The van der Waals surface area contributed by atoms with E-state index in [-0.39, 0.29) is 11.7 Å². The first-order chi connectivity index (χ1) is 9.10. The highest BCUT2D eigenvalue weighted by atomic mass is 16.2. The maximum absolute atomic E-state index is 11.9. The molecule has 6 heteroatoms. The van der Waals surface area contributed by atoms with Crippen molar-refractivity contribution in [3.05, 3.63) is 35.9 Å². The fraction of sp³-hybridized carbons (Fsp3) is 0.308. The number of carbonyl (C=O) groups excluding carboxylic acids is 1. The lowest BCUT2D eigenvalue weighted by molar-refractivity contribution is 0.101. The number of hydrogen-bond acceptors (Lipinski definition) is 4. The number of aryl methyl sites for hydroxylation is 1. The van der Waals surface area contributed by atoms with Crippen LogP contribution in [0.1, 0.15) is 23.4 Å². The molecule has 0 aliphatic heterocycles. The quantitative estimate of drug-likeness (QED) is 0.876. The number of anilines is 2. The summed E-state index contributed by atoms with van der Waals surface area (Å²) in [4.78, 5) is 18.0. The van der Waals surface area contributed by atoms with E-state index in [2.05, 4.69) is 20.5 Å². The van der Waals surface area contributed by atoms with Gasteiger partial charge in [0, 0.05) is 31.9 Å². The van der Waals surface area contributed by atoms with Gasteiger partial charge in [-0.1, -0.05) is 6.92 Å². The van der Waals surface area contributed by atoms with Crippen LogP contribution in [-0.2, 0) is 6.42 Å². The summed E-state index contributed by atoms with van der Waals surface area (Å²) in [5.41, 5.74) is 1.79. The van der Waals surface area contributed by atoms with Crippen molar-refractivity contribution in [2.45, 2.75) is 13.3 Å². The van der Waals surface area contributed by atoms with Gasteiger partial charge in [-0.3, -0.25) is 9.89 Å². The third-order valence-corrected chi connectivity index (χ3v) is 2.71. The van der Waals surface area contributed by atoms with Crippen molar-refractivity contribution in [2.24, 2.45) is 0 Å². The molecule has 0 spiro atoms. The number of hydrogen-bond donors (Lipinski definition) is 2. The largest absolute Gasteiger partial charge is 0.378 e. The summed E-state index contributed by atoms with van der Waals surface area (Å²) in [5.74, 6) is 0.551. The topological polar surface area (TPSA) is 73.9 Å². The standard InChI is InChI=1S/C13H17N5O/c1-4-11-15-12(17-16-11)13(19)14-9-5-7-10(8-6-9)18(2)3/h5-8H,4H2,1-3H3,(H,14,19)(H,15,16,17). The number of nitrogens with one attached hydrogen (secondary N) is 2. The Kier molecular flexibility index (Phi) is 3.79. The first kappa shape index (κ1) is 13.1. The Labute approximate surface area is 111 Å². The first-order valence-corrected chi connectivity index (χ1v) is 6.10. The average molecular weight is 259 g/mol. The molecule has 2 N–H and O–H groups in total. The Morgan fingerprint density at radius 1 is 1.32 bits per heavy atom. The summed E-state index contributed by atoms with van der Waals surface area (Å²) in [6.07, 6.45) is 0.720. The molecular formula is C13H17N5O. The summed E-state index contributed by atoms with van der Waals surface area (Å²) in [7, 11) is 3.93. The molecule has 1 heterocycles. The molecule has 0 aliphatic carbocycles. The zero-order valence-corrected chi connectivity index (χ0v) is 11.3. The van der Waals surface area contributed by atoms with Crippen LogP contribution in [0.3, 0.4) is 0 Å². The van der Waals surface area contributed by atoms with Crippen molar-refractivity contribution >= 4 is 17.3 Å². The number of rotatable bonds is 4. The summed E-state index contributed by atoms with van der Waals surface area (Å²) in [5, 5.41) is 9.35. The number of nitrogens with zero attached hydrogens (tertiary/aromatic N) is 3. The molecule has 0 unspecified atom stereocenters. The number of benzene rings is 1. The van der Waals surface area contributed by atoms with Crippen molar-refractivity contribution in [1.29, 1.82) is 0 Å². The van der Waals surface area contributed by atoms with Gasteiger partial charge in [0.15, 0.2) is 0 Å². The summed E-state index contributed by atoms with van der Waals surface area (Å²) in [6, 6.07) is 7.57. The minimum absolute atomic E-state index is 0.161. The van der Waals surface area contributed by atoms with E-state index in [4.69, 9.17) is 0 Å². The second-order valence-electron chi connectivity index (χ2n) is 4.35. The normalized spacial score (nSPS) is 10.3. The van der Waals surface area contributed by atoms with Crippen LogP contribution in [0.15, 0.2) is 24.3 Å². The molecule has 2 aromatic rings. The Morgan fingerprint density at radius 3 is 2.53 bits per heavy atom. The third kappa shape index (κ3) is 3.09. The van der Waals surface area contributed by atoms with E-state index >= 15 is 0 Å². The molecule has 0 aliphatic rings. The number of H-pyrrole nitrogens is 1. The molecule has 1 amide bonds.